The smallest absolute Gasteiger partial charge is 0.232 e. The Morgan fingerprint density at radius 3 is 2.70 bits per heavy atom. The molecule has 4 rings (SSSR count). The normalized spacial score (nSPS) is 16.9. The second-order valence-corrected chi connectivity index (χ2v) is 7.25. The van der Waals surface area contributed by atoms with Crippen LogP contribution in [0.15, 0.2) is 53.1 Å². The topological polar surface area (TPSA) is 59.2 Å². The molecule has 0 bridgehead atoms. The van der Waals surface area contributed by atoms with Crippen LogP contribution in [0.4, 0.5) is 0 Å². The number of hydrogen-bond acceptors (Lipinski definition) is 4. The maximum absolute atomic E-state index is 12.4. The van der Waals surface area contributed by atoms with Crippen LogP contribution in [0.3, 0.4) is 0 Å². The molecule has 5 nitrogen and oxygen atoms in total. The fraction of sp³-hybridized carbons (Fsp3) is 0.286. The Hall–Kier alpha value is -2.66. The third-order valence-electron chi connectivity index (χ3n) is 4.89. The number of benzene rings is 2. The van der Waals surface area contributed by atoms with Gasteiger partial charge >= 0.3 is 0 Å². The van der Waals surface area contributed by atoms with Crippen LogP contribution >= 0.6 is 11.6 Å². The van der Waals surface area contributed by atoms with E-state index in [0.29, 0.717) is 36.2 Å². The zero-order valence-electron chi connectivity index (χ0n) is 15.1. The fourth-order valence-corrected chi connectivity index (χ4v) is 3.53. The Balaban J connectivity index is 1.46. The molecule has 27 heavy (non-hydrogen) atoms. The number of amides is 1. The molecule has 1 unspecified atom stereocenters. The minimum Gasteiger partial charge on any atom is -0.339 e. The molecule has 1 saturated heterocycles. The average molecular weight is 382 g/mol. The maximum atomic E-state index is 12.4. The average Bonchev–Trinajstić information content (AvgIpc) is 3.30. The van der Waals surface area contributed by atoms with Gasteiger partial charge in [0.15, 0.2) is 0 Å². The number of aryl methyl sites for hydroxylation is 1. The van der Waals surface area contributed by atoms with E-state index in [0.717, 1.165) is 17.5 Å². The van der Waals surface area contributed by atoms with Gasteiger partial charge in [0.1, 0.15) is 0 Å². The molecule has 3 aromatic rings. The van der Waals surface area contributed by atoms with Crippen molar-refractivity contribution < 1.29 is 9.32 Å². The summed E-state index contributed by atoms with van der Waals surface area (Å²) in [6.45, 7) is 3.33. The molecule has 1 amide bonds. The van der Waals surface area contributed by atoms with Crippen molar-refractivity contribution in [3.8, 4) is 11.4 Å². The molecule has 6 heteroatoms. The van der Waals surface area contributed by atoms with Crippen molar-refractivity contribution in [3.63, 3.8) is 0 Å². The third-order valence-corrected chi connectivity index (χ3v) is 5.13. The van der Waals surface area contributed by atoms with Crippen molar-refractivity contribution in [1.29, 1.82) is 0 Å². The quantitative estimate of drug-likeness (QED) is 0.654. The monoisotopic (exact) mass is 381 g/mol. The highest BCUT2D eigenvalue weighted by Crippen LogP contribution is 2.30. The predicted molar refractivity (Wildman–Crippen MR) is 103 cm³/mol. The number of halogens is 1. The van der Waals surface area contributed by atoms with Crippen LogP contribution in [0.25, 0.3) is 11.4 Å². The van der Waals surface area contributed by atoms with E-state index in [-0.39, 0.29) is 11.8 Å². The molecule has 0 radical (unpaired) electrons. The first-order valence-electron chi connectivity index (χ1n) is 9.07. The molecule has 2 aromatic carbocycles. The van der Waals surface area contributed by atoms with E-state index in [1.807, 2.05) is 17.0 Å². The molecule has 138 valence electrons. The van der Waals surface area contributed by atoms with E-state index < -0.39 is 0 Å². The molecule has 1 atom stereocenters. The van der Waals surface area contributed by atoms with Gasteiger partial charge < -0.3 is 9.42 Å². The molecule has 0 aliphatic carbocycles. The molecular formula is C21H20ClN3O2. The van der Waals surface area contributed by atoms with E-state index >= 15 is 0 Å². The van der Waals surface area contributed by atoms with Crippen LogP contribution in [0.2, 0.25) is 5.02 Å². The fourth-order valence-electron chi connectivity index (χ4n) is 3.34. The second kappa shape index (κ2) is 7.53. The highest BCUT2D eigenvalue weighted by Gasteiger charge is 2.34. The Morgan fingerprint density at radius 1 is 1.19 bits per heavy atom. The van der Waals surface area contributed by atoms with Crippen LogP contribution in [-0.4, -0.2) is 27.5 Å². The van der Waals surface area contributed by atoms with Crippen LogP contribution < -0.4 is 0 Å². The first-order valence-corrected chi connectivity index (χ1v) is 9.45. The van der Waals surface area contributed by atoms with Crippen LogP contribution in [-0.2, 0) is 17.8 Å². The van der Waals surface area contributed by atoms with Gasteiger partial charge in [-0.1, -0.05) is 60.1 Å². The van der Waals surface area contributed by atoms with Gasteiger partial charge in [0, 0.05) is 30.1 Å². The number of aromatic nitrogens is 2. The van der Waals surface area contributed by atoms with Gasteiger partial charge in [-0.3, -0.25) is 4.79 Å². The molecule has 1 aliphatic rings. The largest absolute Gasteiger partial charge is 0.339 e. The van der Waals surface area contributed by atoms with Gasteiger partial charge in [-0.2, -0.15) is 4.98 Å². The van der Waals surface area contributed by atoms with Gasteiger partial charge in [-0.05, 0) is 29.7 Å². The van der Waals surface area contributed by atoms with Gasteiger partial charge in [0.25, 0.3) is 0 Å². The van der Waals surface area contributed by atoms with Gasteiger partial charge in [-0.25, -0.2) is 0 Å². The van der Waals surface area contributed by atoms with Crippen molar-refractivity contribution in [2.24, 2.45) is 0 Å². The molecule has 2 heterocycles. The SMILES string of the molecule is CCc1ccc(CN2CC(c3nc(-c4cccc(Cl)c4)no3)CC2=O)cc1. The standard InChI is InChI=1S/C21H20ClN3O2/c1-2-14-6-8-15(9-7-14)12-25-13-17(11-19(25)26)21-23-20(24-27-21)16-4-3-5-18(22)10-16/h3-10,17H,2,11-13H2,1H3. The van der Waals surface area contributed by atoms with E-state index in [9.17, 15) is 4.79 Å². The van der Waals surface area contributed by atoms with Crippen molar-refractivity contribution in [3.05, 3.63) is 70.6 Å². The van der Waals surface area contributed by atoms with E-state index in [4.69, 9.17) is 16.1 Å². The minimum absolute atomic E-state index is 0.0761. The highest BCUT2D eigenvalue weighted by atomic mass is 35.5. The zero-order valence-corrected chi connectivity index (χ0v) is 15.8. The van der Waals surface area contributed by atoms with Crippen molar-refractivity contribution in [2.45, 2.75) is 32.2 Å². The first kappa shape index (κ1) is 17.7. The maximum Gasteiger partial charge on any atom is 0.232 e. The molecule has 0 spiro atoms. The predicted octanol–water partition coefficient (Wildman–Crippen LogP) is 4.47. The van der Waals surface area contributed by atoms with Gasteiger partial charge in [0.05, 0.1) is 5.92 Å². The number of carbonyl (C=O) groups excluding carboxylic acids is 1. The van der Waals surface area contributed by atoms with Gasteiger partial charge in [0.2, 0.25) is 17.6 Å². The molecule has 1 aromatic heterocycles. The van der Waals surface area contributed by atoms with E-state index in [1.54, 1.807) is 12.1 Å². The minimum atomic E-state index is -0.0761. The summed E-state index contributed by atoms with van der Waals surface area (Å²) in [5.74, 6) is 1.03. The van der Waals surface area contributed by atoms with Crippen LogP contribution in [0, 0.1) is 0 Å². The van der Waals surface area contributed by atoms with Crippen LogP contribution in [0.5, 0.6) is 0 Å². The number of carbonyl (C=O) groups is 1. The summed E-state index contributed by atoms with van der Waals surface area (Å²) >= 11 is 6.03. The molecule has 1 aliphatic heterocycles. The highest BCUT2D eigenvalue weighted by molar-refractivity contribution is 6.30. The Kier molecular flexibility index (Phi) is 4.94. The lowest BCUT2D eigenvalue weighted by Crippen LogP contribution is -2.24. The van der Waals surface area contributed by atoms with Gasteiger partial charge in [-0.15, -0.1) is 0 Å². The summed E-state index contributed by atoms with van der Waals surface area (Å²) in [6.07, 6.45) is 1.40. The van der Waals surface area contributed by atoms with E-state index in [1.165, 1.54) is 5.56 Å². The summed E-state index contributed by atoms with van der Waals surface area (Å²) in [6, 6.07) is 15.7. The summed E-state index contributed by atoms with van der Waals surface area (Å²) in [5.41, 5.74) is 3.23. The second-order valence-electron chi connectivity index (χ2n) is 6.81. The Bertz CT molecular complexity index is 952. The lowest BCUT2D eigenvalue weighted by atomic mass is 10.1. The first-order chi connectivity index (χ1) is 13.1. The van der Waals surface area contributed by atoms with Crippen molar-refractivity contribution >= 4 is 17.5 Å². The summed E-state index contributed by atoms with van der Waals surface area (Å²) in [4.78, 5) is 18.8. The zero-order chi connectivity index (χ0) is 18.8. The Labute approximate surface area is 163 Å². The van der Waals surface area contributed by atoms with Crippen molar-refractivity contribution in [2.75, 3.05) is 6.54 Å². The third kappa shape index (κ3) is 3.88. The number of likely N-dealkylation sites (tertiary alicyclic amines) is 1. The van der Waals surface area contributed by atoms with Crippen molar-refractivity contribution in [1.82, 2.24) is 15.0 Å². The molecule has 0 saturated carbocycles. The number of nitrogens with zero attached hydrogens (tertiary/aromatic N) is 3. The summed E-state index contributed by atoms with van der Waals surface area (Å²) in [5, 5.41) is 4.67. The molecule has 0 N–H and O–H groups in total. The Morgan fingerprint density at radius 2 is 1.96 bits per heavy atom. The lowest BCUT2D eigenvalue weighted by Gasteiger charge is -2.16. The van der Waals surface area contributed by atoms with E-state index in [2.05, 4.69) is 41.3 Å². The van der Waals surface area contributed by atoms with Crippen LogP contribution in [0.1, 0.15) is 36.3 Å². The number of rotatable bonds is 5. The summed E-state index contributed by atoms with van der Waals surface area (Å²) in [7, 11) is 0. The molecule has 1 fully saturated rings. The molecular weight excluding hydrogens is 362 g/mol. The summed E-state index contributed by atoms with van der Waals surface area (Å²) < 4.78 is 5.44. The lowest BCUT2D eigenvalue weighted by molar-refractivity contribution is -0.128. The number of hydrogen-bond donors (Lipinski definition) is 0.